The highest BCUT2D eigenvalue weighted by atomic mass is 16.3. The monoisotopic (exact) mass is 1690 g/mol. The minimum absolute atomic E-state index is 0.00000764. The summed E-state index contributed by atoms with van der Waals surface area (Å²) in [5.41, 5.74) is 28.5. The number of benzene rings is 2. The quantitative estimate of drug-likeness (QED) is 0.0293. The average molecular weight is 1690 g/mol. The molecule has 0 spiro atoms. The molecule has 3 fully saturated rings. The van der Waals surface area contributed by atoms with Crippen LogP contribution in [-0.4, -0.2) is 283 Å². The summed E-state index contributed by atoms with van der Waals surface area (Å²) >= 11 is 0. The second kappa shape index (κ2) is 47.0. The summed E-state index contributed by atoms with van der Waals surface area (Å²) in [6.07, 6.45) is -4.24. The number of aliphatic hydroxyl groups is 3. The maximum atomic E-state index is 14.9. The van der Waals surface area contributed by atoms with Crippen molar-refractivity contribution in [3.05, 3.63) is 65.7 Å². The highest BCUT2D eigenvalue weighted by molar-refractivity contribution is 6.02. The summed E-state index contributed by atoms with van der Waals surface area (Å²) in [7, 11) is 0. The van der Waals surface area contributed by atoms with E-state index in [1.54, 1.807) is 58.0 Å². The first kappa shape index (κ1) is 98.6. The van der Waals surface area contributed by atoms with E-state index in [0.717, 1.165) is 13.8 Å². The third kappa shape index (κ3) is 29.8. The minimum Gasteiger partial charge on any atom is -0.508 e. The molecule has 662 valence electrons. The number of hydrogen-bond acceptors (Lipinski definition) is 24. The van der Waals surface area contributed by atoms with E-state index in [2.05, 4.69) is 63.8 Å². The molecule has 3 heterocycles. The van der Waals surface area contributed by atoms with Crippen molar-refractivity contribution in [1.29, 1.82) is 0 Å². The largest absolute Gasteiger partial charge is 0.508 e. The lowest BCUT2D eigenvalue weighted by molar-refractivity contribution is -0.148. The van der Waals surface area contributed by atoms with Crippen LogP contribution in [0.2, 0.25) is 0 Å². The van der Waals surface area contributed by atoms with Gasteiger partial charge in [-0.05, 0) is 99.8 Å². The number of nitrogens with zero attached hydrogens (tertiary/aromatic N) is 3. The molecule has 3 saturated heterocycles. The number of carbonyl (C=O) groups excluding carboxylic acids is 19. The van der Waals surface area contributed by atoms with E-state index in [-0.39, 0.29) is 76.2 Å². The van der Waals surface area contributed by atoms with Gasteiger partial charge in [0.25, 0.3) is 0 Å². The predicted octanol–water partition coefficient (Wildman–Crippen LogP) is -8.83. The number of carbonyl (C=O) groups is 19. The molecule has 17 atom stereocenters. The summed E-state index contributed by atoms with van der Waals surface area (Å²) in [5, 5.41) is 69.9. The van der Waals surface area contributed by atoms with Crippen LogP contribution in [0.3, 0.4) is 0 Å². The maximum absolute atomic E-state index is 14.9. The van der Waals surface area contributed by atoms with Crippen LogP contribution in [0.5, 0.6) is 5.75 Å². The predicted molar refractivity (Wildman–Crippen MR) is 424 cm³/mol. The third-order valence-corrected chi connectivity index (χ3v) is 20.5. The van der Waals surface area contributed by atoms with E-state index in [9.17, 15) is 112 Å². The van der Waals surface area contributed by atoms with E-state index in [0.29, 0.717) is 30.4 Å². The van der Waals surface area contributed by atoms with Gasteiger partial charge in [-0.15, -0.1) is 0 Å². The molecule has 43 nitrogen and oxygen atoms in total. The minimum atomic E-state index is -1.93. The van der Waals surface area contributed by atoms with E-state index in [1.165, 1.54) is 52.8 Å². The number of primary amides is 4. The van der Waals surface area contributed by atoms with Gasteiger partial charge in [-0.25, -0.2) is 0 Å². The van der Waals surface area contributed by atoms with Crippen molar-refractivity contribution in [3.63, 3.8) is 0 Å². The molecule has 0 saturated carbocycles. The number of hydrogen-bond donors (Lipinski definition) is 21. The number of aliphatic hydroxyl groups excluding tert-OH is 3. The highest BCUT2D eigenvalue weighted by Gasteiger charge is 2.47. The van der Waals surface area contributed by atoms with Crippen molar-refractivity contribution >= 4 is 112 Å². The van der Waals surface area contributed by atoms with Crippen LogP contribution in [0.4, 0.5) is 0 Å². The van der Waals surface area contributed by atoms with Crippen molar-refractivity contribution in [2.75, 3.05) is 39.3 Å². The first-order valence-corrected chi connectivity index (χ1v) is 39.6. The van der Waals surface area contributed by atoms with Gasteiger partial charge in [0.05, 0.1) is 57.2 Å². The molecular formula is C77H116N20O23. The number of nitrogens with two attached hydrogens (primary N) is 5. The van der Waals surface area contributed by atoms with Crippen LogP contribution in [-0.2, 0) is 104 Å². The van der Waals surface area contributed by atoms with Crippen LogP contribution in [0.25, 0.3) is 0 Å². The van der Waals surface area contributed by atoms with Gasteiger partial charge < -0.3 is 128 Å². The summed E-state index contributed by atoms with van der Waals surface area (Å²) in [5.74, 6) is -20.2. The Bertz CT molecular complexity index is 4020. The molecule has 43 heteroatoms. The Hall–Kier alpha value is -12.0. The Balaban J connectivity index is 1.19. The van der Waals surface area contributed by atoms with Crippen LogP contribution < -0.4 is 92.5 Å². The van der Waals surface area contributed by atoms with Gasteiger partial charge >= 0.3 is 0 Å². The number of phenols is 1. The van der Waals surface area contributed by atoms with Gasteiger partial charge in [-0.2, -0.15) is 0 Å². The smallest absolute Gasteiger partial charge is 0.246 e. The average Bonchev–Trinajstić information content (AvgIpc) is 1.64. The fourth-order valence-corrected chi connectivity index (χ4v) is 13.8. The number of rotatable bonds is 46. The Kier molecular flexibility index (Phi) is 38.6. The number of phenolic OH excluding ortho intramolecular Hbond substituents is 1. The SMILES string of the molecule is CC[C@H](C)[C@H](NC(=O)[C@@H]1CCCN1C(=O)CNC(=O)[C@H](Cc1ccccc1)NC(=O)[C@@H](N)CC(N)=O)C(=O)N[C@@H](CC(C)C)C(=O)N1CCC[C@H]1C(=O)N1CCC[C@H]1C(=O)N[C@H](C(=O)N[C@@H](CC(N)=O)C(=O)N[C@H](C(=O)NCC(=O)N[C@@H](CO)C(=O)N[C@@H](CC(N)=O)C(=O)N[C@H](C(=O)N[C@@H](Cc1ccc(O)cc1)C(N)=O)[C@@H](C)O)C(C)C)[C@@H](C)O. The molecule has 5 rings (SSSR count). The summed E-state index contributed by atoms with van der Waals surface area (Å²) < 4.78 is 0. The van der Waals surface area contributed by atoms with Crippen molar-refractivity contribution in [2.24, 2.45) is 46.4 Å². The van der Waals surface area contributed by atoms with E-state index in [4.69, 9.17) is 28.7 Å². The number of aromatic hydroxyl groups is 1. The lowest BCUT2D eigenvalue weighted by atomic mass is 9.96. The highest BCUT2D eigenvalue weighted by Crippen LogP contribution is 2.28. The first-order chi connectivity index (χ1) is 56.5. The molecule has 3 aliphatic heterocycles. The van der Waals surface area contributed by atoms with Crippen LogP contribution in [0.1, 0.15) is 137 Å². The molecule has 0 aliphatic carbocycles. The second-order valence-corrected chi connectivity index (χ2v) is 30.9. The van der Waals surface area contributed by atoms with Gasteiger partial charge in [0.2, 0.25) is 112 Å². The maximum Gasteiger partial charge on any atom is 0.246 e. The molecular weight excluding hydrogens is 1570 g/mol. The topological polar surface area (TPSA) is 689 Å². The van der Waals surface area contributed by atoms with Gasteiger partial charge in [0.15, 0.2) is 0 Å². The van der Waals surface area contributed by atoms with Crippen molar-refractivity contribution < 1.29 is 112 Å². The fourth-order valence-electron chi connectivity index (χ4n) is 13.8. The lowest BCUT2D eigenvalue weighted by Gasteiger charge is -2.34. The lowest BCUT2D eigenvalue weighted by Crippen LogP contribution is -2.62. The zero-order valence-electron chi connectivity index (χ0n) is 68.4. The van der Waals surface area contributed by atoms with Gasteiger partial charge in [0, 0.05) is 32.5 Å². The van der Waals surface area contributed by atoms with E-state index in [1.807, 2.05) is 0 Å². The summed E-state index contributed by atoms with van der Waals surface area (Å²) in [6.45, 7) is 9.63. The van der Waals surface area contributed by atoms with Crippen LogP contribution >= 0.6 is 0 Å². The molecule has 3 aliphatic rings. The van der Waals surface area contributed by atoms with Crippen molar-refractivity contribution in [3.8, 4) is 5.75 Å². The Morgan fingerprint density at radius 3 is 1.40 bits per heavy atom. The Morgan fingerprint density at radius 1 is 0.442 bits per heavy atom. The van der Waals surface area contributed by atoms with Crippen molar-refractivity contribution in [2.45, 2.75) is 236 Å². The molecule has 120 heavy (non-hydrogen) atoms. The zero-order chi connectivity index (χ0) is 89.7. The third-order valence-electron chi connectivity index (χ3n) is 20.5. The van der Waals surface area contributed by atoms with Gasteiger partial charge in [0.1, 0.15) is 84.3 Å². The van der Waals surface area contributed by atoms with E-state index < -0.39 is 260 Å². The van der Waals surface area contributed by atoms with Crippen molar-refractivity contribution in [1.82, 2.24) is 78.5 Å². The molecule has 26 N–H and O–H groups in total. The second-order valence-electron chi connectivity index (χ2n) is 30.9. The fraction of sp³-hybridized carbons (Fsp3) is 0.597. The Labute approximate surface area is 692 Å². The molecule has 19 amide bonds. The normalized spacial score (nSPS) is 18.6. The number of amides is 19. The molecule has 0 bridgehead atoms. The standard InChI is InChI=1S/C77H116N20O23/c1-9-39(6)61(92-70(113)52-18-13-25-95(52)59(106)35-84-66(109)47(30-42-16-11-10-12-17-42)87-65(108)45(78)31-55(79)102)73(116)90-50(28-37(2)3)76(119)97-27-15-20-54(97)77(120)96-26-14-19-53(96)71(114)94-63(41(8)100)75(118)89-49(33-57(81)104)67(110)91-60(38(4)5)72(115)83-34-58(105)85-51(36-98)69(112)88-48(32-56(80)103)68(111)93-62(40(7)99)74(117)86-46(64(82)107)29-43-21-23-44(101)24-22-43/h10-12,16-17,21-24,37-41,45-54,60-63,98-101H,9,13-15,18-20,25-36,78H2,1-8H3,(H2,79,102)(H2,80,103)(H2,81,104)(H2,82,107)(H,83,115)(H,84,109)(H,85,105)(H,86,117)(H,87,108)(H,88,112)(H,89,118)(H,90,116)(H,91,110)(H,92,113)(H,93,111)(H,94,114)/t39-,40+,41+,45-,46-,47-,48-,49-,50-,51-,52-,53-,54-,60-,61-,62-,63-/m0/s1. The molecule has 0 radical (unpaired) electrons. The van der Waals surface area contributed by atoms with Crippen LogP contribution in [0, 0.1) is 17.8 Å². The van der Waals surface area contributed by atoms with E-state index >= 15 is 0 Å². The molecule has 2 aromatic rings. The van der Waals surface area contributed by atoms with Crippen LogP contribution in [0.15, 0.2) is 54.6 Å². The first-order valence-electron chi connectivity index (χ1n) is 39.6. The molecule has 0 aromatic heterocycles. The van der Waals surface area contributed by atoms with Gasteiger partial charge in [-0.3, -0.25) is 91.1 Å². The zero-order valence-corrected chi connectivity index (χ0v) is 68.4. The summed E-state index contributed by atoms with van der Waals surface area (Å²) in [4.78, 5) is 261. The Morgan fingerprint density at radius 2 is 0.883 bits per heavy atom. The number of likely N-dealkylation sites (tertiary alicyclic amines) is 3. The summed E-state index contributed by atoms with van der Waals surface area (Å²) in [6, 6.07) is -7.02. The molecule has 0 unspecified atom stereocenters. The van der Waals surface area contributed by atoms with Gasteiger partial charge in [-0.1, -0.05) is 90.4 Å². The molecule has 2 aromatic carbocycles. The number of nitrogens with one attached hydrogen (secondary N) is 12.